The van der Waals surface area contributed by atoms with Gasteiger partial charge in [0.1, 0.15) is 6.54 Å². The van der Waals surface area contributed by atoms with Gasteiger partial charge in [-0.25, -0.2) is 13.8 Å². The number of rotatable bonds is 7. The standard InChI is InChI=1S/C26H29N3O3S/c1-18-13-19(2)15-24(14-18)29(33(31,32)25-9-7-6-8-10-25)17-26(30)28-27-16-23-12-11-20(3)21(4)22(23)5/h6-16H,17H2,1-5H3,(H,28,30)/b27-16-. The first-order valence-corrected chi connectivity index (χ1v) is 12.1. The highest BCUT2D eigenvalue weighted by atomic mass is 32.2. The lowest BCUT2D eigenvalue weighted by Crippen LogP contribution is -2.39. The fourth-order valence-corrected chi connectivity index (χ4v) is 5.01. The summed E-state index contributed by atoms with van der Waals surface area (Å²) in [5, 5.41) is 4.06. The summed E-state index contributed by atoms with van der Waals surface area (Å²) < 4.78 is 27.9. The van der Waals surface area contributed by atoms with E-state index in [0.717, 1.165) is 26.6 Å². The average Bonchev–Trinajstić information content (AvgIpc) is 2.77. The van der Waals surface area contributed by atoms with Crippen LogP contribution in [0.2, 0.25) is 0 Å². The van der Waals surface area contributed by atoms with Crippen molar-refractivity contribution >= 4 is 27.8 Å². The summed E-state index contributed by atoms with van der Waals surface area (Å²) in [5.41, 5.74) is 9.03. The summed E-state index contributed by atoms with van der Waals surface area (Å²) in [7, 11) is -3.96. The van der Waals surface area contributed by atoms with Crippen LogP contribution in [-0.4, -0.2) is 27.1 Å². The number of hydrogen-bond donors (Lipinski definition) is 1. The zero-order valence-corrected chi connectivity index (χ0v) is 20.4. The Morgan fingerprint density at radius 2 is 1.55 bits per heavy atom. The Balaban J connectivity index is 1.87. The molecule has 3 aromatic carbocycles. The molecule has 0 saturated carbocycles. The molecule has 0 aliphatic rings. The van der Waals surface area contributed by atoms with E-state index in [1.54, 1.807) is 36.5 Å². The van der Waals surface area contributed by atoms with Crippen molar-refractivity contribution in [2.75, 3.05) is 10.8 Å². The predicted octanol–water partition coefficient (Wildman–Crippen LogP) is 4.57. The molecule has 0 saturated heterocycles. The molecule has 6 nitrogen and oxygen atoms in total. The van der Waals surface area contributed by atoms with E-state index in [-0.39, 0.29) is 4.90 Å². The van der Waals surface area contributed by atoms with Crippen molar-refractivity contribution in [3.8, 4) is 0 Å². The van der Waals surface area contributed by atoms with Crippen molar-refractivity contribution in [3.63, 3.8) is 0 Å². The molecule has 0 aliphatic heterocycles. The molecule has 0 spiro atoms. The topological polar surface area (TPSA) is 78.8 Å². The van der Waals surface area contributed by atoms with Gasteiger partial charge in [-0.2, -0.15) is 5.10 Å². The number of hydrogen-bond acceptors (Lipinski definition) is 4. The second-order valence-electron chi connectivity index (χ2n) is 8.19. The number of carbonyl (C=O) groups excluding carboxylic acids is 1. The number of nitrogens with zero attached hydrogens (tertiary/aromatic N) is 2. The van der Waals surface area contributed by atoms with Crippen LogP contribution in [0.1, 0.15) is 33.4 Å². The Bertz CT molecular complexity index is 1280. The maximum absolute atomic E-state index is 13.4. The van der Waals surface area contributed by atoms with Gasteiger partial charge in [0.05, 0.1) is 16.8 Å². The molecule has 0 aliphatic carbocycles. The highest BCUT2D eigenvalue weighted by molar-refractivity contribution is 7.92. The minimum Gasteiger partial charge on any atom is -0.271 e. The molecular weight excluding hydrogens is 434 g/mol. The lowest BCUT2D eigenvalue weighted by molar-refractivity contribution is -0.119. The number of aryl methyl sites for hydroxylation is 3. The van der Waals surface area contributed by atoms with Gasteiger partial charge in [-0.3, -0.25) is 9.10 Å². The minimum absolute atomic E-state index is 0.117. The number of hydrazone groups is 1. The number of carbonyl (C=O) groups is 1. The quantitative estimate of drug-likeness (QED) is 0.412. The molecule has 172 valence electrons. The third kappa shape index (κ3) is 5.68. The highest BCUT2D eigenvalue weighted by Gasteiger charge is 2.27. The van der Waals surface area contributed by atoms with Crippen molar-refractivity contribution in [1.29, 1.82) is 0 Å². The zero-order valence-electron chi connectivity index (χ0n) is 19.6. The van der Waals surface area contributed by atoms with Gasteiger partial charge in [-0.1, -0.05) is 36.4 Å². The first-order valence-electron chi connectivity index (χ1n) is 10.6. The second-order valence-corrected chi connectivity index (χ2v) is 10.0. The average molecular weight is 464 g/mol. The van der Waals surface area contributed by atoms with Gasteiger partial charge in [0.25, 0.3) is 15.9 Å². The Morgan fingerprint density at radius 3 is 2.18 bits per heavy atom. The number of sulfonamides is 1. The van der Waals surface area contributed by atoms with Gasteiger partial charge in [-0.15, -0.1) is 0 Å². The van der Waals surface area contributed by atoms with E-state index in [2.05, 4.69) is 10.5 Å². The normalized spacial score (nSPS) is 11.5. The van der Waals surface area contributed by atoms with Crippen LogP contribution in [0.15, 0.2) is 70.7 Å². The van der Waals surface area contributed by atoms with E-state index >= 15 is 0 Å². The first kappa shape index (κ1) is 24.2. The lowest BCUT2D eigenvalue weighted by atomic mass is 10.00. The van der Waals surface area contributed by atoms with Gasteiger partial charge in [-0.05, 0) is 92.3 Å². The van der Waals surface area contributed by atoms with Crippen molar-refractivity contribution in [3.05, 3.63) is 94.0 Å². The summed E-state index contributed by atoms with van der Waals surface area (Å²) in [4.78, 5) is 12.9. The molecule has 0 atom stereocenters. The molecule has 33 heavy (non-hydrogen) atoms. The van der Waals surface area contributed by atoms with Crippen LogP contribution < -0.4 is 9.73 Å². The summed E-state index contributed by atoms with van der Waals surface area (Å²) in [6.45, 7) is 9.46. The van der Waals surface area contributed by atoms with E-state index in [1.807, 2.05) is 52.8 Å². The zero-order chi connectivity index (χ0) is 24.2. The van der Waals surface area contributed by atoms with Crippen LogP contribution in [0.25, 0.3) is 0 Å². The fraction of sp³-hybridized carbons (Fsp3) is 0.231. The highest BCUT2D eigenvalue weighted by Crippen LogP contribution is 2.25. The van der Waals surface area contributed by atoms with Gasteiger partial charge in [0.15, 0.2) is 0 Å². The van der Waals surface area contributed by atoms with E-state index in [4.69, 9.17) is 0 Å². The van der Waals surface area contributed by atoms with Crippen molar-refractivity contribution in [2.45, 2.75) is 39.5 Å². The van der Waals surface area contributed by atoms with Crippen molar-refractivity contribution < 1.29 is 13.2 Å². The Labute approximate surface area is 196 Å². The first-order chi connectivity index (χ1) is 15.6. The summed E-state index contributed by atoms with van der Waals surface area (Å²) in [6.07, 6.45) is 1.58. The van der Waals surface area contributed by atoms with Gasteiger partial charge < -0.3 is 0 Å². The third-order valence-electron chi connectivity index (χ3n) is 5.61. The maximum atomic E-state index is 13.4. The van der Waals surface area contributed by atoms with E-state index in [0.29, 0.717) is 5.69 Å². The molecule has 3 rings (SSSR count). The Hall–Kier alpha value is -3.45. The molecular formula is C26H29N3O3S. The van der Waals surface area contributed by atoms with Crippen molar-refractivity contribution in [2.24, 2.45) is 5.10 Å². The summed E-state index contributed by atoms with van der Waals surface area (Å²) in [5.74, 6) is -0.536. The monoisotopic (exact) mass is 463 g/mol. The largest absolute Gasteiger partial charge is 0.271 e. The number of nitrogens with one attached hydrogen (secondary N) is 1. The SMILES string of the molecule is Cc1cc(C)cc(N(CC(=O)N/N=C\c2ccc(C)c(C)c2C)S(=O)(=O)c2ccccc2)c1. The van der Waals surface area contributed by atoms with Crippen LogP contribution in [0, 0.1) is 34.6 Å². The van der Waals surface area contributed by atoms with Crippen LogP contribution >= 0.6 is 0 Å². The van der Waals surface area contributed by atoms with E-state index in [1.165, 1.54) is 23.3 Å². The van der Waals surface area contributed by atoms with Crippen LogP contribution in [-0.2, 0) is 14.8 Å². The lowest BCUT2D eigenvalue weighted by Gasteiger charge is -2.24. The van der Waals surface area contributed by atoms with Crippen LogP contribution in [0.3, 0.4) is 0 Å². The molecule has 0 fully saturated rings. The van der Waals surface area contributed by atoms with Gasteiger partial charge in [0, 0.05) is 0 Å². The molecule has 0 aromatic heterocycles. The summed E-state index contributed by atoms with van der Waals surface area (Å²) in [6, 6.07) is 17.5. The molecule has 0 bridgehead atoms. The van der Waals surface area contributed by atoms with E-state index in [9.17, 15) is 13.2 Å². The smallest absolute Gasteiger partial charge is 0.264 e. The van der Waals surface area contributed by atoms with Crippen LogP contribution in [0.5, 0.6) is 0 Å². The van der Waals surface area contributed by atoms with Gasteiger partial charge in [0.2, 0.25) is 0 Å². The maximum Gasteiger partial charge on any atom is 0.264 e. The molecule has 7 heteroatoms. The number of benzene rings is 3. The molecule has 0 unspecified atom stereocenters. The predicted molar refractivity (Wildman–Crippen MR) is 133 cm³/mol. The second kappa shape index (κ2) is 10.0. The Morgan fingerprint density at radius 1 is 0.909 bits per heavy atom. The fourth-order valence-electron chi connectivity index (χ4n) is 3.59. The molecule has 1 N–H and O–H groups in total. The summed E-state index contributed by atoms with van der Waals surface area (Å²) >= 11 is 0. The van der Waals surface area contributed by atoms with Gasteiger partial charge >= 0.3 is 0 Å². The van der Waals surface area contributed by atoms with Crippen LogP contribution in [0.4, 0.5) is 5.69 Å². The van der Waals surface area contributed by atoms with E-state index < -0.39 is 22.5 Å². The molecule has 0 heterocycles. The molecule has 1 amide bonds. The van der Waals surface area contributed by atoms with Crippen molar-refractivity contribution in [1.82, 2.24) is 5.43 Å². The Kier molecular flexibility index (Phi) is 7.33. The third-order valence-corrected chi connectivity index (χ3v) is 7.39. The minimum atomic E-state index is -3.96. The molecule has 3 aromatic rings. The number of anilines is 1. The molecule has 0 radical (unpaired) electrons. The number of amides is 1.